The largest absolute Gasteiger partial charge is 0.465 e. The third-order valence-electron chi connectivity index (χ3n) is 7.74. The van der Waals surface area contributed by atoms with Crippen molar-refractivity contribution in [1.29, 1.82) is 0 Å². The van der Waals surface area contributed by atoms with Gasteiger partial charge < -0.3 is 30.3 Å². The Balaban J connectivity index is 2.97. The Bertz CT molecular complexity index is 1020. The fourth-order valence-electron chi connectivity index (χ4n) is 5.22. The van der Waals surface area contributed by atoms with Crippen molar-refractivity contribution in [1.82, 2.24) is 21.1 Å². The quantitative estimate of drug-likeness (QED) is 0.132. The number of carbonyl (C=O) groups excluding carboxylic acids is 4. The summed E-state index contributed by atoms with van der Waals surface area (Å²) in [4.78, 5) is 51.6. The maximum Gasteiger partial charge on any atom is 0.311 e. The van der Waals surface area contributed by atoms with E-state index in [1.165, 1.54) is 0 Å². The third-order valence-corrected chi connectivity index (χ3v) is 7.74. The lowest BCUT2D eigenvalue weighted by molar-refractivity contribution is -0.161. The van der Waals surface area contributed by atoms with Crippen LogP contribution in [0, 0.1) is 23.2 Å². The summed E-state index contributed by atoms with van der Waals surface area (Å²) in [7, 11) is 1.61. The van der Waals surface area contributed by atoms with Gasteiger partial charge in [-0.05, 0) is 65.7 Å². The summed E-state index contributed by atoms with van der Waals surface area (Å²) >= 11 is 0. The number of nitrogens with one attached hydrogen (secondary N) is 3. The highest BCUT2D eigenvalue weighted by atomic mass is 16.5. The molecule has 11 nitrogen and oxygen atoms in total. The van der Waals surface area contributed by atoms with Crippen LogP contribution in [0.2, 0.25) is 0 Å². The van der Waals surface area contributed by atoms with Crippen molar-refractivity contribution in [3.05, 3.63) is 17.5 Å². The molecule has 0 fully saturated rings. The summed E-state index contributed by atoms with van der Waals surface area (Å²) in [6, 6.07) is 1.84. The number of aliphatic hydroxyl groups excluding tert-OH is 1. The minimum Gasteiger partial charge on any atom is -0.465 e. The SMILES string of the molecule is CCC(C)(CC(C)(CC(C)(C)C(=O)NCCCCCC(=O)NC)C(=O)OCCCc1cc(C)on1)C(=O)NCC(C)O. The molecule has 1 aromatic rings. The van der Waals surface area contributed by atoms with Crippen molar-refractivity contribution in [3.8, 4) is 0 Å². The van der Waals surface area contributed by atoms with Crippen LogP contribution in [0.4, 0.5) is 0 Å². The molecule has 0 aliphatic carbocycles. The number of carbonyl (C=O) groups is 4. The van der Waals surface area contributed by atoms with Gasteiger partial charge in [0, 0.05) is 43.5 Å². The molecule has 3 amide bonds. The Labute approximate surface area is 251 Å². The molecule has 1 aromatic heterocycles. The van der Waals surface area contributed by atoms with E-state index in [-0.39, 0.29) is 43.7 Å². The zero-order valence-corrected chi connectivity index (χ0v) is 27.0. The minimum atomic E-state index is -1.15. The van der Waals surface area contributed by atoms with E-state index < -0.39 is 28.3 Å². The van der Waals surface area contributed by atoms with Crippen LogP contribution in [0.15, 0.2) is 10.6 Å². The average Bonchev–Trinajstić information content (AvgIpc) is 3.35. The van der Waals surface area contributed by atoms with E-state index in [9.17, 15) is 24.3 Å². The molecular formula is C31H54N4O7. The number of hydrogen-bond donors (Lipinski definition) is 4. The minimum absolute atomic E-state index is 0.00165. The van der Waals surface area contributed by atoms with Gasteiger partial charge in [0.15, 0.2) is 0 Å². The first-order valence-corrected chi connectivity index (χ1v) is 15.1. The van der Waals surface area contributed by atoms with Crippen LogP contribution in [0.1, 0.15) is 104 Å². The number of aliphatic hydroxyl groups is 1. The number of aryl methyl sites for hydroxylation is 2. The second-order valence-corrected chi connectivity index (χ2v) is 12.7. The Morgan fingerprint density at radius 3 is 2.26 bits per heavy atom. The molecule has 11 heteroatoms. The summed E-state index contributed by atoms with van der Waals surface area (Å²) in [5, 5.41) is 22.0. The number of hydrogen-bond acceptors (Lipinski definition) is 8. The van der Waals surface area contributed by atoms with E-state index in [0.29, 0.717) is 38.0 Å². The molecule has 0 aliphatic heterocycles. The van der Waals surface area contributed by atoms with Crippen LogP contribution in [0.5, 0.6) is 0 Å². The van der Waals surface area contributed by atoms with Crippen LogP contribution >= 0.6 is 0 Å². The van der Waals surface area contributed by atoms with Gasteiger partial charge in [-0.3, -0.25) is 19.2 Å². The van der Waals surface area contributed by atoms with Crippen molar-refractivity contribution in [2.24, 2.45) is 16.2 Å². The first-order chi connectivity index (χ1) is 19.6. The normalized spacial score (nSPS) is 15.2. The molecule has 0 spiro atoms. The van der Waals surface area contributed by atoms with Gasteiger partial charge in [-0.1, -0.05) is 39.3 Å². The molecule has 0 aliphatic rings. The van der Waals surface area contributed by atoms with Gasteiger partial charge in [0.1, 0.15) is 5.76 Å². The zero-order chi connectivity index (χ0) is 32.0. The van der Waals surface area contributed by atoms with Crippen molar-refractivity contribution in [3.63, 3.8) is 0 Å². The summed E-state index contributed by atoms with van der Waals surface area (Å²) < 4.78 is 10.8. The van der Waals surface area contributed by atoms with Crippen LogP contribution in [0.3, 0.4) is 0 Å². The molecular weight excluding hydrogens is 540 g/mol. The first kappa shape index (κ1) is 37.1. The van der Waals surface area contributed by atoms with Crippen molar-refractivity contribution in [2.45, 2.75) is 112 Å². The molecule has 4 N–H and O–H groups in total. The fourth-order valence-corrected chi connectivity index (χ4v) is 5.22. The molecule has 240 valence electrons. The van der Waals surface area contributed by atoms with Crippen LogP contribution in [-0.2, 0) is 30.3 Å². The second-order valence-electron chi connectivity index (χ2n) is 12.7. The molecule has 3 unspecified atom stereocenters. The summed E-state index contributed by atoms with van der Waals surface area (Å²) in [6.45, 7) is 13.2. The Hall–Kier alpha value is -2.95. The number of nitrogens with zero attached hydrogens (tertiary/aromatic N) is 1. The number of aromatic nitrogens is 1. The molecule has 0 aromatic carbocycles. The maximum absolute atomic E-state index is 13.7. The van der Waals surface area contributed by atoms with Gasteiger partial charge in [0.05, 0.1) is 23.8 Å². The van der Waals surface area contributed by atoms with Crippen molar-refractivity contribution >= 4 is 23.7 Å². The van der Waals surface area contributed by atoms with Crippen molar-refractivity contribution < 1.29 is 33.5 Å². The summed E-state index contributed by atoms with van der Waals surface area (Å²) in [6.07, 6.45) is 3.97. The van der Waals surface area contributed by atoms with Crippen LogP contribution < -0.4 is 16.0 Å². The Morgan fingerprint density at radius 1 is 1.00 bits per heavy atom. The fraction of sp³-hybridized carbons (Fsp3) is 0.774. The van der Waals surface area contributed by atoms with Crippen LogP contribution in [0.25, 0.3) is 0 Å². The molecule has 0 saturated carbocycles. The van der Waals surface area contributed by atoms with Gasteiger partial charge in [-0.15, -0.1) is 0 Å². The average molecular weight is 595 g/mol. The van der Waals surface area contributed by atoms with E-state index in [2.05, 4.69) is 21.1 Å². The number of ether oxygens (including phenoxy) is 1. The maximum atomic E-state index is 13.7. The van der Waals surface area contributed by atoms with Gasteiger partial charge in [0.25, 0.3) is 0 Å². The smallest absolute Gasteiger partial charge is 0.311 e. The highest BCUT2D eigenvalue weighted by Gasteiger charge is 2.48. The highest BCUT2D eigenvalue weighted by molar-refractivity contribution is 5.86. The highest BCUT2D eigenvalue weighted by Crippen LogP contribution is 2.45. The standard InChI is InChI=1S/C31H54N4O7/c1-9-30(6,27(39)34-19-22(2)36)21-31(7,28(40)41-17-13-14-24-18-23(3)42-35-24)20-29(4,5)26(38)33-16-12-10-11-15-25(37)32-8/h18,22,36H,9-17,19-21H2,1-8H3,(H,32,37)(H,33,38)(H,34,39). The molecule has 0 radical (unpaired) electrons. The Kier molecular flexibility index (Phi) is 15.2. The third kappa shape index (κ3) is 12.5. The first-order valence-electron chi connectivity index (χ1n) is 15.1. The van der Waals surface area contributed by atoms with E-state index in [1.807, 2.05) is 19.9 Å². The van der Waals surface area contributed by atoms with Crippen molar-refractivity contribution in [2.75, 3.05) is 26.7 Å². The Morgan fingerprint density at radius 2 is 1.69 bits per heavy atom. The summed E-state index contributed by atoms with van der Waals surface area (Å²) in [5.74, 6) is -0.196. The predicted molar refractivity (Wildman–Crippen MR) is 160 cm³/mol. The lowest BCUT2D eigenvalue weighted by Crippen LogP contribution is -2.48. The molecule has 0 saturated heterocycles. The second kappa shape index (κ2) is 17.2. The van der Waals surface area contributed by atoms with Gasteiger partial charge >= 0.3 is 5.97 Å². The van der Waals surface area contributed by atoms with E-state index >= 15 is 0 Å². The van der Waals surface area contributed by atoms with E-state index in [1.54, 1.807) is 41.7 Å². The monoisotopic (exact) mass is 594 g/mol. The number of amides is 3. The van der Waals surface area contributed by atoms with E-state index in [0.717, 1.165) is 25.0 Å². The van der Waals surface area contributed by atoms with Crippen LogP contribution in [-0.4, -0.2) is 66.8 Å². The predicted octanol–water partition coefficient (Wildman–Crippen LogP) is 3.61. The topological polar surface area (TPSA) is 160 Å². The zero-order valence-electron chi connectivity index (χ0n) is 27.0. The number of esters is 1. The molecule has 42 heavy (non-hydrogen) atoms. The molecule has 0 bridgehead atoms. The van der Waals surface area contributed by atoms with E-state index in [4.69, 9.17) is 9.26 Å². The van der Waals surface area contributed by atoms with Gasteiger partial charge in [-0.2, -0.15) is 0 Å². The lowest BCUT2D eigenvalue weighted by atomic mass is 9.64. The van der Waals surface area contributed by atoms with Gasteiger partial charge in [0.2, 0.25) is 17.7 Å². The molecule has 1 heterocycles. The summed E-state index contributed by atoms with van der Waals surface area (Å²) in [5.41, 5.74) is -2.23. The number of rotatable bonds is 20. The molecule has 1 rings (SSSR count). The molecule has 3 atom stereocenters. The van der Waals surface area contributed by atoms with Gasteiger partial charge in [-0.25, -0.2) is 0 Å². The number of unbranched alkanes of at least 4 members (excludes halogenated alkanes) is 2. The lowest BCUT2D eigenvalue weighted by Gasteiger charge is -2.40.